The standard InChI is InChI=1S/C6H4ClNO2/c7-6(9)10-5-1-3-8-4-2-5/h1-4H. The molecule has 0 N–H and O–H groups in total. The van der Waals surface area contributed by atoms with Gasteiger partial charge in [0.15, 0.2) is 0 Å². The zero-order chi connectivity index (χ0) is 7.40. The van der Waals surface area contributed by atoms with Crippen molar-refractivity contribution in [2.45, 2.75) is 0 Å². The summed E-state index contributed by atoms with van der Waals surface area (Å²) in [4.78, 5) is 13.9. The molecular weight excluding hydrogens is 154 g/mol. The Balaban J connectivity index is 2.67. The molecule has 0 amide bonds. The van der Waals surface area contributed by atoms with Crippen molar-refractivity contribution in [3.63, 3.8) is 0 Å². The predicted molar refractivity (Wildman–Crippen MR) is 36.1 cm³/mol. The fourth-order valence-electron chi connectivity index (χ4n) is 0.499. The van der Waals surface area contributed by atoms with Crippen LogP contribution in [0.25, 0.3) is 0 Å². The van der Waals surface area contributed by atoms with Gasteiger partial charge >= 0.3 is 5.43 Å². The van der Waals surface area contributed by atoms with Crippen molar-refractivity contribution in [3.05, 3.63) is 24.5 Å². The first-order valence-electron chi connectivity index (χ1n) is 2.56. The summed E-state index contributed by atoms with van der Waals surface area (Å²) in [7, 11) is 0. The maximum Gasteiger partial charge on any atom is 0.409 e. The van der Waals surface area contributed by atoms with Crippen molar-refractivity contribution in [1.82, 2.24) is 4.98 Å². The molecule has 0 fully saturated rings. The first kappa shape index (κ1) is 7.02. The summed E-state index contributed by atoms with van der Waals surface area (Å²) in [6.45, 7) is 0. The van der Waals surface area contributed by atoms with Gasteiger partial charge < -0.3 is 4.74 Å². The number of nitrogens with zero attached hydrogens (tertiary/aromatic N) is 1. The Labute approximate surface area is 62.6 Å². The minimum atomic E-state index is -0.841. The molecule has 0 aliphatic heterocycles. The lowest BCUT2D eigenvalue weighted by Crippen LogP contribution is -1.95. The van der Waals surface area contributed by atoms with Crippen LogP contribution in [0.5, 0.6) is 5.75 Å². The minimum Gasteiger partial charge on any atom is -0.414 e. The van der Waals surface area contributed by atoms with Gasteiger partial charge in [-0.2, -0.15) is 0 Å². The topological polar surface area (TPSA) is 39.2 Å². The van der Waals surface area contributed by atoms with Crippen LogP contribution >= 0.6 is 11.6 Å². The highest BCUT2D eigenvalue weighted by Gasteiger charge is 1.96. The number of hydrogen-bond acceptors (Lipinski definition) is 3. The van der Waals surface area contributed by atoms with Gasteiger partial charge in [0.05, 0.1) is 0 Å². The van der Waals surface area contributed by atoms with Crippen molar-refractivity contribution in [2.24, 2.45) is 0 Å². The summed E-state index contributed by atoms with van der Waals surface area (Å²) >= 11 is 4.93. The molecule has 0 unspecified atom stereocenters. The second-order valence-electron chi connectivity index (χ2n) is 1.52. The van der Waals surface area contributed by atoms with E-state index in [-0.39, 0.29) is 0 Å². The molecule has 10 heavy (non-hydrogen) atoms. The van der Waals surface area contributed by atoms with E-state index >= 15 is 0 Å². The smallest absolute Gasteiger partial charge is 0.409 e. The molecule has 0 aliphatic rings. The second-order valence-corrected chi connectivity index (χ2v) is 1.83. The molecule has 1 heterocycles. The molecule has 0 spiro atoms. The first-order valence-corrected chi connectivity index (χ1v) is 2.94. The Morgan fingerprint density at radius 2 is 2.10 bits per heavy atom. The Hall–Kier alpha value is -1.09. The van der Waals surface area contributed by atoms with E-state index in [4.69, 9.17) is 11.6 Å². The van der Waals surface area contributed by atoms with E-state index in [0.717, 1.165) is 0 Å². The maximum absolute atomic E-state index is 10.1. The van der Waals surface area contributed by atoms with Crippen LogP contribution in [-0.4, -0.2) is 10.4 Å². The molecular formula is C6H4ClNO2. The van der Waals surface area contributed by atoms with Gasteiger partial charge in [-0.15, -0.1) is 0 Å². The van der Waals surface area contributed by atoms with Crippen LogP contribution in [0.1, 0.15) is 0 Å². The zero-order valence-electron chi connectivity index (χ0n) is 4.95. The highest BCUT2D eigenvalue weighted by Crippen LogP contribution is 2.07. The summed E-state index contributed by atoms with van der Waals surface area (Å²) < 4.78 is 4.50. The molecule has 52 valence electrons. The lowest BCUT2D eigenvalue weighted by Gasteiger charge is -1.95. The van der Waals surface area contributed by atoms with E-state index in [1.807, 2.05) is 0 Å². The van der Waals surface area contributed by atoms with Gasteiger partial charge in [0.2, 0.25) is 0 Å². The monoisotopic (exact) mass is 157 g/mol. The van der Waals surface area contributed by atoms with Crippen molar-refractivity contribution in [1.29, 1.82) is 0 Å². The van der Waals surface area contributed by atoms with Gasteiger partial charge in [-0.05, 0) is 12.1 Å². The summed E-state index contributed by atoms with van der Waals surface area (Å²) in [5, 5.41) is 0. The average molecular weight is 158 g/mol. The molecule has 1 aromatic heterocycles. The number of carbonyl (C=O) groups excluding carboxylic acids is 1. The molecule has 0 saturated carbocycles. The normalized spacial score (nSPS) is 8.90. The second kappa shape index (κ2) is 3.17. The molecule has 1 rings (SSSR count). The molecule has 4 heteroatoms. The first-order chi connectivity index (χ1) is 4.79. The largest absolute Gasteiger partial charge is 0.414 e. The molecule has 1 aromatic rings. The number of halogens is 1. The van der Waals surface area contributed by atoms with Crippen LogP contribution in [-0.2, 0) is 0 Å². The number of pyridine rings is 1. The molecule has 0 aromatic carbocycles. The van der Waals surface area contributed by atoms with Gasteiger partial charge in [-0.25, -0.2) is 4.79 Å². The van der Waals surface area contributed by atoms with Crippen molar-refractivity contribution < 1.29 is 9.53 Å². The number of ether oxygens (including phenoxy) is 1. The molecule has 0 atom stereocenters. The Kier molecular flexibility index (Phi) is 2.23. The van der Waals surface area contributed by atoms with Gasteiger partial charge in [-0.1, -0.05) is 0 Å². The lowest BCUT2D eigenvalue weighted by molar-refractivity contribution is 0.225. The van der Waals surface area contributed by atoms with Gasteiger partial charge in [0.1, 0.15) is 5.75 Å². The van der Waals surface area contributed by atoms with Crippen LogP contribution in [0.4, 0.5) is 4.79 Å². The summed E-state index contributed by atoms with van der Waals surface area (Å²) in [6, 6.07) is 3.08. The number of carbonyl (C=O) groups is 1. The fraction of sp³-hybridized carbons (Fsp3) is 0. The minimum absolute atomic E-state index is 0.398. The van der Waals surface area contributed by atoms with Crippen LogP contribution in [0, 0.1) is 0 Å². The Morgan fingerprint density at radius 3 is 2.60 bits per heavy atom. The van der Waals surface area contributed by atoms with Crippen molar-refractivity contribution in [3.8, 4) is 5.75 Å². The van der Waals surface area contributed by atoms with E-state index in [1.54, 1.807) is 12.1 Å². The lowest BCUT2D eigenvalue weighted by atomic mass is 10.5. The predicted octanol–water partition coefficient (Wildman–Crippen LogP) is 1.82. The SMILES string of the molecule is O=C(Cl)Oc1ccncc1. The third-order valence-corrected chi connectivity index (χ3v) is 0.925. The van der Waals surface area contributed by atoms with E-state index in [9.17, 15) is 4.79 Å². The molecule has 3 nitrogen and oxygen atoms in total. The Bertz CT molecular complexity index is 224. The third-order valence-electron chi connectivity index (χ3n) is 0.848. The molecule has 0 saturated heterocycles. The molecule has 0 bridgehead atoms. The molecule has 0 aliphatic carbocycles. The van der Waals surface area contributed by atoms with E-state index in [2.05, 4.69) is 9.72 Å². The van der Waals surface area contributed by atoms with Gasteiger partial charge in [-0.3, -0.25) is 4.98 Å². The van der Waals surface area contributed by atoms with E-state index < -0.39 is 5.43 Å². The maximum atomic E-state index is 10.1. The van der Waals surface area contributed by atoms with Crippen molar-refractivity contribution in [2.75, 3.05) is 0 Å². The third kappa shape index (κ3) is 2.03. The van der Waals surface area contributed by atoms with Crippen molar-refractivity contribution >= 4 is 17.0 Å². The fourth-order valence-corrected chi connectivity index (χ4v) is 0.588. The number of rotatable bonds is 1. The average Bonchev–Trinajstić information content (AvgIpc) is 1.88. The quantitative estimate of drug-likeness (QED) is 0.584. The van der Waals surface area contributed by atoms with E-state index in [0.29, 0.717) is 5.75 Å². The van der Waals surface area contributed by atoms with Crippen LogP contribution in [0.2, 0.25) is 0 Å². The van der Waals surface area contributed by atoms with Crippen LogP contribution < -0.4 is 4.74 Å². The van der Waals surface area contributed by atoms with Crippen LogP contribution in [0.15, 0.2) is 24.5 Å². The van der Waals surface area contributed by atoms with Gasteiger partial charge in [0.25, 0.3) is 0 Å². The van der Waals surface area contributed by atoms with Gasteiger partial charge in [0, 0.05) is 24.0 Å². The number of hydrogen-bond donors (Lipinski definition) is 0. The summed E-state index contributed by atoms with van der Waals surface area (Å²) in [6.07, 6.45) is 3.02. The molecule has 0 radical (unpaired) electrons. The summed E-state index contributed by atoms with van der Waals surface area (Å²) in [5.41, 5.74) is -0.841. The zero-order valence-corrected chi connectivity index (χ0v) is 5.71. The highest BCUT2D eigenvalue weighted by atomic mass is 35.5. The van der Waals surface area contributed by atoms with Crippen LogP contribution in [0.3, 0.4) is 0 Å². The Morgan fingerprint density at radius 1 is 1.50 bits per heavy atom. The van der Waals surface area contributed by atoms with E-state index in [1.165, 1.54) is 12.4 Å². The highest BCUT2D eigenvalue weighted by molar-refractivity contribution is 6.61. The summed E-state index contributed by atoms with van der Waals surface area (Å²) in [5.74, 6) is 0.398. The number of aromatic nitrogens is 1.